The molecule has 2 aromatic rings. The van der Waals surface area contributed by atoms with Crippen LogP contribution in [0.2, 0.25) is 0 Å². The first-order valence-corrected chi connectivity index (χ1v) is 8.16. The smallest absolute Gasteiger partial charge is 0.254 e. The van der Waals surface area contributed by atoms with Crippen molar-refractivity contribution in [3.8, 4) is 11.5 Å². The van der Waals surface area contributed by atoms with E-state index in [0.29, 0.717) is 23.6 Å². The molecule has 128 valence electrons. The van der Waals surface area contributed by atoms with Crippen LogP contribution in [-0.2, 0) is 6.42 Å². The lowest BCUT2D eigenvalue weighted by Gasteiger charge is -2.23. The number of methoxy groups -OCH3 is 2. The molecule has 6 nitrogen and oxygen atoms in total. The molecule has 3 rings (SSSR count). The number of aromatic nitrogens is 1. The molecule has 0 aliphatic carbocycles. The van der Waals surface area contributed by atoms with E-state index >= 15 is 0 Å². The number of hydrogen-bond acceptors (Lipinski definition) is 5. The van der Waals surface area contributed by atoms with Crippen LogP contribution in [0.15, 0.2) is 28.8 Å². The molecule has 0 bridgehead atoms. The molecule has 1 atom stereocenters. The molecule has 1 amide bonds. The van der Waals surface area contributed by atoms with Crippen LogP contribution in [0.3, 0.4) is 0 Å². The lowest BCUT2D eigenvalue weighted by Crippen LogP contribution is -2.30. The van der Waals surface area contributed by atoms with Gasteiger partial charge in [0.05, 0.1) is 26.0 Å². The predicted molar refractivity (Wildman–Crippen MR) is 88.4 cm³/mol. The monoisotopic (exact) mass is 330 g/mol. The number of carbonyl (C=O) groups is 1. The van der Waals surface area contributed by atoms with Crippen LogP contribution in [0.5, 0.6) is 11.5 Å². The van der Waals surface area contributed by atoms with Crippen LogP contribution >= 0.6 is 0 Å². The Morgan fingerprint density at radius 2 is 2.08 bits per heavy atom. The van der Waals surface area contributed by atoms with Crippen LogP contribution in [0.1, 0.15) is 47.6 Å². The molecule has 1 aromatic carbocycles. The first kappa shape index (κ1) is 16.4. The third kappa shape index (κ3) is 2.96. The molecule has 6 heteroatoms. The van der Waals surface area contributed by atoms with Gasteiger partial charge >= 0.3 is 0 Å². The highest BCUT2D eigenvalue weighted by Crippen LogP contribution is 2.35. The van der Waals surface area contributed by atoms with Crippen molar-refractivity contribution in [3.63, 3.8) is 0 Å². The first-order chi connectivity index (χ1) is 11.7. The SMILES string of the molecule is CCc1cc([C@H]2CCCN2C(=O)c2ccc(OC)c(OC)c2)on1. The van der Waals surface area contributed by atoms with Crippen LogP contribution < -0.4 is 9.47 Å². The molecule has 1 saturated heterocycles. The number of nitrogens with zero attached hydrogens (tertiary/aromatic N) is 2. The minimum absolute atomic E-state index is 0.0344. The molecule has 2 heterocycles. The van der Waals surface area contributed by atoms with Gasteiger partial charge in [-0.3, -0.25) is 4.79 Å². The predicted octanol–water partition coefficient (Wildman–Crippen LogP) is 3.23. The van der Waals surface area contributed by atoms with Crippen molar-refractivity contribution in [1.29, 1.82) is 0 Å². The molecule has 1 aliphatic heterocycles. The maximum atomic E-state index is 12.9. The van der Waals surface area contributed by atoms with E-state index in [0.717, 1.165) is 30.7 Å². The molecule has 0 spiro atoms. The number of hydrogen-bond donors (Lipinski definition) is 0. The van der Waals surface area contributed by atoms with E-state index in [2.05, 4.69) is 5.16 Å². The summed E-state index contributed by atoms with van der Waals surface area (Å²) in [6.07, 6.45) is 2.66. The Balaban J connectivity index is 1.85. The van der Waals surface area contributed by atoms with Crippen molar-refractivity contribution in [1.82, 2.24) is 10.1 Å². The number of aryl methyl sites for hydroxylation is 1. The Kier molecular flexibility index (Phi) is 4.74. The second-order valence-electron chi connectivity index (χ2n) is 5.80. The van der Waals surface area contributed by atoms with E-state index in [1.54, 1.807) is 32.4 Å². The largest absolute Gasteiger partial charge is 0.493 e. The third-order valence-corrected chi connectivity index (χ3v) is 4.41. The van der Waals surface area contributed by atoms with E-state index in [4.69, 9.17) is 14.0 Å². The standard InChI is InChI=1S/C18H22N2O4/c1-4-13-11-16(24-19-13)14-6-5-9-20(14)18(21)12-7-8-15(22-2)17(10-12)23-3/h7-8,10-11,14H,4-6,9H2,1-3H3/t14-/m1/s1. The van der Waals surface area contributed by atoms with Crippen molar-refractivity contribution in [3.05, 3.63) is 41.3 Å². The van der Waals surface area contributed by atoms with E-state index < -0.39 is 0 Å². The van der Waals surface area contributed by atoms with Crippen molar-refractivity contribution in [2.75, 3.05) is 20.8 Å². The zero-order valence-corrected chi connectivity index (χ0v) is 14.2. The maximum Gasteiger partial charge on any atom is 0.254 e. The summed E-state index contributed by atoms with van der Waals surface area (Å²) >= 11 is 0. The zero-order valence-electron chi connectivity index (χ0n) is 14.2. The molecule has 0 radical (unpaired) electrons. The number of amides is 1. The van der Waals surface area contributed by atoms with Gasteiger partial charge in [-0.2, -0.15) is 0 Å². The van der Waals surface area contributed by atoms with Gasteiger partial charge in [0.2, 0.25) is 0 Å². The number of benzene rings is 1. The summed E-state index contributed by atoms with van der Waals surface area (Å²) in [6, 6.07) is 7.12. The summed E-state index contributed by atoms with van der Waals surface area (Å²) in [5, 5.41) is 4.05. The minimum atomic E-state index is -0.0570. The van der Waals surface area contributed by atoms with E-state index in [-0.39, 0.29) is 11.9 Å². The van der Waals surface area contributed by atoms with Crippen LogP contribution in [0.25, 0.3) is 0 Å². The Labute approximate surface area is 141 Å². The Morgan fingerprint density at radius 1 is 1.29 bits per heavy atom. The Morgan fingerprint density at radius 3 is 2.75 bits per heavy atom. The quantitative estimate of drug-likeness (QED) is 0.842. The third-order valence-electron chi connectivity index (χ3n) is 4.41. The van der Waals surface area contributed by atoms with Gasteiger partial charge in [-0.15, -0.1) is 0 Å². The van der Waals surface area contributed by atoms with Gasteiger partial charge < -0.3 is 18.9 Å². The molecular formula is C18H22N2O4. The fourth-order valence-corrected chi connectivity index (χ4v) is 3.09. The van der Waals surface area contributed by atoms with Crippen molar-refractivity contribution in [2.24, 2.45) is 0 Å². The minimum Gasteiger partial charge on any atom is -0.493 e. The highest BCUT2D eigenvalue weighted by atomic mass is 16.5. The second kappa shape index (κ2) is 6.95. The van der Waals surface area contributed by atoms with Gasteiger partial charge in [-0.25, -0.2) is 0 Å². The lowest BCUT2D eigenvalue weighted by atomic mass is 10.1. The molecule has 1 fully saturated rings. The Bertz CT molecular complexity index is 726. The van der Waals surface area contributed by atoms with Gasteiger partial charge in [0.15, 0.2) is 17.3 Å². The second-order valence-corrected chi connectivity index (χ2v) is 5.80. The van der Waals surface area contributed by atoms with Gasteiger partial charge in [0.1, 0.15) is 0 Å². The molecule has 0 unspecified atom stereocenters. The summed E-state index contributed by atoms with van der Waals surface area (Å²) in [7, 11) is 3.14. The molecule has 24 heavy (non-hydrogen) atoms. The highest BCUT2D eigenvalue weighted by Gasteiger charge is 2.33. The topological polar surface area (TPSA) is 64.8 Å². The van der Waals surface area contributed by atoms with Gasteiger partial charge in [0.25, 0.3) is 5.91 Å². The Hall–Kier alpha value is -2.50. The maximum absolute atomic E-state index is 12.9. The molecular weight excluding hydrogens is 308 g/mol. The van der Waals surface area contributed by atoms with E-state index in [1.165, 1.54) is 0 Å². The van der Waals surface area contributed by atoms with Crippen molar-refractivity contribution < 1.29 is 18.8 Å². The molecule has 0 saturated carbocycles. The van der Waals surface area contributed by atoms with Crippen LogP contribution in [-0.4, -0.2) is 36.7 Å². The number of ether oxygens (including phenoxy) is 2. The average molecular weight is 330 g/mol. The summed E-state index contributed by atoms with van der Waals surface area (Å²) in [5.41, 5.74) is 1.49. The lowest BCUT2D eigenvalue weighted by molar-refractivity contribution is 0.0714. The first-order valence-electron chi connectivity index (χ1n) is 8.16. The zero-order chi connectivity index (χ0) is 17.1. The summed E-state index contributed by atoms with van der Waals surface area (Å²) < 4.78 is 16.0. The van der Waals surface area contributed by atoms with Gasteiger partial charge in [-0.1, -0.05) is 12.1 Å². The van der Waals surface area contributed by atoms with Gasteiger partial charge in [-0.05, 0) is 37.5 Å². The van der Waals surface area contributed by atoms with E-state index in [1.807, 2.05) is 17.9 Å². The molecule has 1 aliphatic rings. The number of carbonyl (C=O) groups excluding carboxylic acids is 1. The fraction of sp³-hybridized carbons (Fsp3) is 0.444. The van der Waals surface area contributed by atoms with Crippen molar-refractivity contribution in [2.45, 2.75) is 32.2 Å². The van der Waals surface area contributed by atoms with Crippen molar-refractivity contribution >= 4 is 5.91 Å². The van der Waals surface area contributed by atoms with Crippen LogP contribution in [0.4, 0.5) is 0 Å². The number of likely N-dealkylation sites (tertiary alicyclic amines) is 1. The van der Waals surface area contributed by atoms with E-state index in [9.17, 15) is 4.79 Å². The number of rotatable bonds is 5. The summed E-state index contributed by atoms with van der Waals surface area (Å²) in [5.74, 6) is 1.88. The summed E-state index contributed by atoms with van der Waals surface area (Å²) in [6.45, 7) is 2.74. The fourth-order valence-electron chi connectivity index (χ4n) is 3.09. The highest BCUT2D eigenvalue weighted by molar-refractivity contribution is 5.95. The molecule has 0 N–H and O–H groups in total. The normalized spacial score (nSPS) is 17.1. The summed E-state index contributed by atoms with van der Waals surface area (Å²) in [4.78, 5) is 14.8. The molecule has 1 aromatic heterocycles. The van der Waals surface area contributed by atoms with Gasteiger partial charge in [0, 0.05) is 18.2 Å². The van der Waals surface area contributed by atoms with Crippen LogP contribution in [0, 0.1) is 0 Å². The average Bonchev–Trinajstić information content (AvgIpc) is 3.28.